The lowest BCUT2D eigenvalue weighted by Crippen LogP contribution is -2.34. The van der Waals surface area contributed by atoms with Crippen molar-refractivity contribution in [2.24, 2.45) is 5.73 Å². The van der Waals surface area contributed by atoms with Crippen molar-refractivity contribution in [1.29, 1.82) is 0 Å². The number of benzene rings is 2. The summed E-state index contributed by atoms with van der Waals surface area (Å²) in [6, 6.07) is 14.3. The Bertz CT molecular complexity index is 831. The van der Waals surface area contributed by atoms with Gasteiger partial charge in [-0.2, -0.15) is 0 Å². The van der Waals surface area contributed by atoms with Crippen molar-refractivity contribution in [1.82, 2.24) is 0 Å². The monoisotopic (exact) mass is 427 g/mol. The van der Waals surface area contributed by atoms with Gasteiger partial charge in [-0.15, -0.1) is 0 Å². The quantitative estimate of drug-likeness (QED) is 0.505. The third kappa shape index (κ3) is 7.20. The van der Waals surface area contributed by atoms with E-state index in [9.17, 15) is 8.42 Å². The summed E-state index contributed by atoms with van der Waals surface area (Å²) in [7, 11) is -3.47. The van der Waals surface area contributed by atoms with Crippen LogP contribution in [-0.2, 0) is 14.8 Å². The van der Waals surface area contributed by atoms with Crippen LogP contribution in [0, 0.1) is 0 Å². The molecule has 0 fully saturated rings. The van der Waals surface area contributed by atoms with E-state index in [0.29, 0.717) is 48.5 Å². The highest BCUT2D eigenvalue weighted by molar-refractivity contribution is 7.92. The van der Waals surface area contributed by atoms with Crippen LogP contribution >= 0.6 is 11.6 Å². The van der Waals surface area contributed by atoms with Crippen molar-refractivity contribution in [3.8, 4) is 5.75 Å². The zero-order valence-corrected chi connectivity index (χ0v) is 17.4. The second-order valence-corrected chi connectivity index (χ2v) is 8.33. The molecule has 0 heterocycles. The molecule has 2 aromatic rings. The number of sulfonamides is 1. The van der Waals surface area contributed by atoms with E-state index in [-0.39, 0.29) is 13.2 Å². The molecule has 3 N–H and O–H groups in total. The molecule has 0 atom stereocenters. The Morgan fingerprint density at radius 3 is 2.46 bits per heavy atom. The molecule has 2 rings (SSSR count). The normalized spacial score (nSPS) is 11.2. The fraction of sp³-hybridized carbons (Fsp3) is 0.368. The maximum absolute atomic E-state index is 12.3. The lowest BCUT2D eigenvalue weighted by molar-refractivity contribution is 0.150. The third-order valence-electron chi connectivity index (χ3n) is 3.77. The van der Waals surface area contributed by atoms with Gasteiger partial charge in [-0.1, -0.05) is 23.7 Å². The molecular formula is C19H26ClN3O4S. The van der Waals surface area contributed by atoms with E-state index in [0.717, 1.165) is 0 Å². The number of hydrogen-bond acceptors (Lipinski definition) is 6. The molecule has 2 aromatic carbocycles. The fourth-order valence-corrected chi connectivity index (χ4v) is 3.57. The number of ether oxygens (including phenoxy) is 2. The van der Waals surface area contributed by atoms with Gasteiger partial charge in [0.05, 0.1) is 37.4 Å². The standard InChI is InChI=1S/C19H26ClN3O4S/c1-28(24,25)23(12-15-26-13-10-21)19-5-3-2-4-18(19)22-11-14-27-17-8-6-16(20)7-9-17/h2-9,22H,10-15,21H2,1H3. The first-order valence-corrected chi connectivity index (χ1v) is 11.1. The van der Waals surface area contributed by atoms with Gasteiger partial charge in [-0.3, -0.25) is 4.31 Å². The molecule has 0 aliphatic heterocycles. The molecule has 0 aliphatic carbocycles. The smallest absolute Gasteiger partial charge is 0.232 e. The Kier molecular flexibility index (Phi) is 8.85. The van der Waals surface area contributed by atoms with Crippen LogP contribution in [0.15, 0.2) is 48.5 Å². The summed E-state index contributed by atoms with van der Waals surface area (Å²) >= 11 is 5.85. The zero-order chi connectivity index (χ0) is 20.4. The second kappa shape index (κ2) is 11.1. The van der Waals surface area contributed by atoms with E-state index in [2.05, 4.69) is 5.32 Å². The fourth-order valence-electron chi connectivity index (χ4n) is 2.52. The number of hydrogen-bond donors (Lipinski definition) is 2. The lowest BCUT2D eigenvalue weighted by atomic mass is 10.2. The first kappa shape index (κ1) is 22.3. The van der Waals surface area contributed by atoms with Crippen molar-refractivity contribution in [3.63, 3.8) is 0 Å². The highest BCUT2D eigenvalue weighted by Gasteiger charge is 2.20. The van der Waals surface area contributed by atoms with Crippen molar-refractivity contribution in [2.45, 2.75) is 0 Å². The molecule has 28 heavy (non-hydrogen) atoms. The van der Waals surface area contributed by atoms with Crippen LogP contribution in [0.1, 0.15) is 0 Å². The number of halogens is 1. The average Bonchev–Trinajstić information content (AvgIpc) is 2.66. The van der Waals surface area contributed by atoms with Crippen LogP contribution in [0.5, 0.6) is 5.75 Å². The lowest BCUT2D eigenvalue weighted by Gasteiger charge is -2.25. The van der Waals surface area contributed by atoms with Gasteiger partial charge in [0.25, 0.3) is 0 Å². The van der Waals surface area contributed by atoms with Crippen LogP contribution in [0.2, 0.25) is 5.02 Å². The number of nitrogens with two attached hydrogens (primary N) is 1. The first-order chi connectivity index (χ1) is 13.4. The SMILES string of the molecule is CS(=O)(=O)N(CCOCCN)c1ccccc1NCCOc1ccc(Cl)cc1. The van der Waals surface area contributed by atoms with Crippen molar-refractivity contribution in [3.05, 3.63) is 53.6 Å². The van der Waals surface area contributed by atoms with Crippen molar-refractivity contribution < 1.29 is 17.9 Å². The summed E-state index contributed by atoms with van der Waals surface area (Å²) in [5.41, 5.74) is 6.66. The number of anilines is 2. The molecular weight excluding hydrogens is 402 g/mol. The Hall–Kier alpha value is -2.00. The van der Waals surface area contributed by atoms with Crippen LogP contribution < -0.4 is 20.1 Å². The molecule has 0 amide bonds. The van der Waals surface area contributed by atoms with Crippen LogP contribution in [0.25, 0.3) is 0 Å². The third-order valence-corrected chi connectivity index (χ3v) is 5.21. The van der Waals surface area contributed by atoms with E-state index in [4.69, 9.17) is 26.8 Å². The van der Waals surface area contributed by atoms with Crippen molar-refractivity contribution in [2.75, 3.05) is 55.3 Å². The minimum atomic E-state index is -3.47. The topological polar surface area (TPSA) is 93.9 Å². The molecule has 0 spiro atoms. The van der Waals surface area contributed by atoms with Crippen molar-refractivity contribution >= 4 is 33.0 Å². The van der Waals surface area contributed by atoms with Crippen LogP contribution in [0.3, 0.4) is 0 Å². The molecule has 0 unspecified atom stereocenters. The number of rotatable bonds is 12. The van der Waals surface area contributed by atoms with Gasteiger partial charge < -0.3 is 20.5 Å². The number of nitrogens with one attached hydrogen (secondary N) is 1. The predicted molar refractivity (Wildman–Crippen MR) is 114 cm³/mol. The molecule has 0 saturated heterocycles. The first-order valence-electron chi connectivity index (χ1n) is 8.88. The van der Waals surface area contributed by atoms with Gasteiger partial charge >= 0.3 is 0 Å². The molecule has 154 valence electrons. The van der Waals surface area contributed by atoms with E-state index >= 15 is 0 Å². The molecule has 9 heteroatoms. The minimum absolute atomic E-state index is 0.207. The summed E-state index contributed by atoms with van der Waals surface area (Å²) in [6.45, 7) is 2.16. The number of nitrogens with zero attached hydrogens (tertiary/aromatic N) is 1. The maximum Gasteiger partial charge on any atom is 0.232 e. The summed E-state index contributed by atoms with van der Waals surface area (Å²) in [6.07, 6.45) is 1.18. The van der Waals surface area contributed by atoms with E-state index in [1.54, 1.807) is 36.4 Å². The molecule has 0 aliphatic rings. The maximum atomic E-state index is 12.3. The largest absolute Gasteiger partial charge is 0.492 e. The molecule has 0 aromatic heterocycles. The van der Waals surface area contributed by atoms with Crippen LogP contribution in [0.4, 0.5) is 11.4 Å². The predicted octanol–water partition coefficient (Wildman–Crippen LogP) is 2.57. The van der Waals surface area contributed by atoms with E-state index in [1.807, 2.05) is 12.1 Å². The highest BCUT2D eigenvalue weighted by Crippen LogP contribution is 2.27. The Labute approximate surface area is 171 Å². The number of para-hydroxylation sites is 2. The molecule has 0 saturated carbocycles. The van der Waals surface area contributed by atoms with E-state index < -0.39 is 10.0 Å². The summed E-state index contributed by atoms with van der Waals surface area (Å²) in [5, 5.41) is 3.88. The second-order valence-electron chi connectivity index (χ2n) is 5.98. The van der Waals surface area contributed by atoms with Gasteiger partial charge in [-0.05, 0) is 36.4 Å². The Balaban J connectivity index is 1.99. The summed E-state index contributed by atoms with van der Waals surface area (Å²) < 4.78 is 36.9. The zero-order valence-electron chi connectivity index (χ0n) is 15.8. The molecule has 7 nitrogen and oxygen atoms in total. The minimum Gasteiger partial charge on any atom is -0.492 e. The van der Waals surface area contributed by atoms with Crippen LogP contribution in [-0.4, -0.2) is 54.1 Å². The van der Waals surface area contributed by atoms with E-state index in [1.165, 1.54) is 10.6 Å². The Morgan fingerprint density at radius 1 is 1.07 bits per heavy atom. The molecule has 0 radical (unpaired) electrons. The average molecular weight is 428 g/mol. The van der Waals surface area contributed by atoms with Gasteiger partial charge in [-0.25, -0.2) is 8.42 Å². The summed E-state index contributed by atoms with van der Waals surface area (Å²) in [5.74, 6) is 0.717. The van der Waals surface area contributed by atoms with Gasteiger partial charge in [0.1, 0.15) is 12.4 Å². The molecule has 0 bridgehead atoms. The van der Waals surface area contributed by atoms with Gasteiger partial charge in [0, 0.05) is 18.1 Å². The highest BCUT2D eigenvalue weighted by atomic mass is 35.5. The van der Waals surface area contributed by atoms with Gasteiger partial charge in [0.15, 0.2) is 0 Å². The van der Waals surface area contributed by atoms with Gasteiger partial charge in [0.2, 0.25) is 10.0 Å². The summed E-state index contributed by atoms with van der Waals surface area (Å²) in [4.78, 5) is 0. The Morgan fingerprint density at radius 2 is 1.79 bits per heavy atom.